The number of alkyl halides is 1. The number of para-hydroxylation sites is 1. The summed E-state index contributed by atoms with van der Waals surface area (Å²) >= 11 is 3.57. The summed E-state index contributed by atoms with van der Waals surface area (Å²) in [6.45, 7) is 7.01. The Morgan fingerprint density at radius 3 is 2.94 bits per heavy atom. The molecule has 0 bridgehead atoms. The van der Waals surface area contributed by atoms with E-state index in [4.69, 9.17) is 0 Å². The van der Waals surface area contributed by atoms with E-state index in [1.165, 1.54) is 24.2 Å². The van der Waals surface area contributed by atoms with Crippen molar-refractivity contribution in [1.29, 1.82) is 0 Å². The van der Waals surface area contributed by atoms with Crippen molar-refractivity contribution in [2.24, 2.45) is 11.8 Å². The summed E-state index contributed by atoms with van der Waals surface area (Å²) in [7, 11) is 0. The van der Waals surface area contributed by atoms with E-state index >= 15 is 0 Å². The second kappa shape index (κ2) is 5.22. The smallest absolute Gasteiger partial charge is 0.0399 e. The van der Waals surface area contributed by atoms with Crippen molar-refractivity contribution >= 4 is 21.6 Å². The predicted octanol–water partition coefficient (Wildman–Crippen LogP) is 3.72. The average molecular weight is 282 g/mol. The molecule has 0 aromatic heterocycles. The third-order valence-electron chi connectivity index (χ3n) is 3.23. The normalized spacial score (nSPS) is 21.7. The molecule has 0 aliphatic carbocycles. The van der Waals surface area contributed by atoms with E-state index in [1.807, 2.05) is 0 Å². The maximum Gasteiger partial charge on any atom is 0.0399 e. The minimum atomic E-state index is 0.707. The number of hydrogen-bond acceptors (Lipinski definition) is 1. The molecule has 1 aliphatic rings. The van der Waals surface area contributed by atoms with Gasteiger partial charge in [-0.2, -0.15) is 0 Å². The van der Waals surface area contributed by atoms with Crippen LogP contribution in [0.25, 0.3) is 0 Å². The standard InChI is InChI=1S/C14H20BrN/c1-11-7-13-5-3-4-6-14(13)16(9-11)10-12(2)8-15/h3-6,11-12H,7-10H2,1-2H3. The maximum absolute atomic E-state index is 3.57. The van der Waals surface area contributed by atoms with Gasteiger partial charge in [-0.25, -0.2) is 0 Å². The number of halogens is 1. The van der Waals surface area contributed by atoms with Crippen LogP contribution < -0.4 is 4.90 Å². The number of hydrogen-bond donors (Lipinski definition) is 0. The SMILES string of the molecule is CC(CBr)CN1CC(C)Cc2ccccc21. The molecule has 0 amide bonds. The van der Waals surface area contributed by atoms with Crippen molar-refractivity contribution in [3.8, 4) is 0 Å². The molecule has 0 saturated heterocycles. The van der Waals surface area contributed by atoms with Gasteiger partial charge in [-0.1, -0.05) is 48.0 Å². The minimum Gasteiger partial charge on any atom is -0.371 e. The molecule has 0 saturated carbocycles. The fourth-order valence-corrected chi connectivity index (χ4v) is 2.71. The number of rotatable bonds is 3. The van der Waals surface area contributed by atoms with Crippen molar-refractivity contribution in [3.05, 3.63) is 29.8 Å². The van der Waals surface area contributed by atoms with Gasteiger partial charge in [0.25, 0.3) is 0 Å². The van der Waals surface area contributed by atoms with Gasteiger partial charge in [-0.05, 0) is 29.9 Å². The Kier molecular flexibility index (Phi) is 3.91. The molecule has 1 aromatic carbocycles. The van der Waals surface area contributed by atoms with Crippen LogP contribution in [0.1, 0.15) is 19.4 Å². The average Bonchev–Trinajstić information content (AvgIpc) is 2.28. The van der Waals surface area contributed by atoms with Crippen LogP contribution in [0.4, 0.5) is 5.69 Å². The van der Waals surface area contributed by atoms with Gasteiger partial charge in [-0.15, -0.1) is 0 Å². The number of nitrogens with zero attached hydrogens (tertiary/aromatic N) is 1. The topological polar surface area (TPSA) is 3.24 Å². The number of benzene rings is 1. The fraction of sp³-hybridized carbons (Fsp3) is 0.571. The lowest BCUT2D eigenvalue weighted by atomic mass is 9.93. The first-order valence-corrected chi connectivity index (χ1v) is 7.21. The summed E-state index contributed by atoms with van der Waals surface area (Å²) in [5, 5.41) is 1.08. The molecule has 2 unspecified atom stereocenters. The molecule has 1 nitrogen and oxygen atoms in total. The molecule has 0 N–H and O–H groups in total. The van der Waals surface area contributed by atoms with E-state index in [-0.39, 0.29) is 0 Å². The molecule has 2 heteroatoms. The zero-order chi connectivity index (χ0) is 11.5. The Morgan fingerprint density at radius 2 is 2.19 bits per heavy atom. The largest absolute Gasteiger partial charge is 0.371 e. The van der Waals surface area contributed by atoms with Crippen LogP contribution in [0, 0.1) is 11.8 Å². The highest BCUT2D eigenvalue weighted by atomic mass is 79.9. The molecule has 88 valence electrons. The van der Waals surface area contributed by atoms with Gasteiger partial charge in [-0.3, -0.25) is 0 Å². The molecular formula is C14H20BrN. The first-order valence-electron chi connectivity index (χ1n) is 6.09. The lowest BCUT2D eigenvalue weighted by molar-refractivity contribution is 0.504. The van der Waals surface area contributed by atoms with E-state index in [2.05, 4.69) is 58.9 Å². The van der Waals surface area contributed by atoms with E-state index in [1.54, 1.807) is 0 Å². The van der Waals surface area contributed by atoms with Crippen molar-refractivity contribution in [2.75, 3.05) is 23.3 Å². The number of fused-ring (bicyclic) bond motifs is 1. The summed E-state index contributed by atoms with van der Waals surface area (Å²) in [4.78, 5) is 2.55. The van der Waals surface area contributed by atoms with Gasteiger partial charge in [0.2, 0.25) is 0 Å². The third kappa shape index (κ3) is 2.60. The van der Waals surface area contributed by atoms with E-state index in [9.17, 15) is 0 Å². The Morgan fingerprint density at radius 1 is 1.44 bits per heavy atom. The summed E-state index contributed by atoms with van der Waals surface area (Å²) in [6, 6.07) is 8.85. The molecule has 16 heavy (non-hydrogen) atoms. The van der Waals surface area contributed by atoms with Crippen LogP contribution in [0.2, 0.25) is 0 Å². The van der Waals surface area contributed by atoms with E-state index < -0.39 is 0 Å². The second-order valence-electron chi connectivity index (χ2n) is 5.10. The molecule has 1 aliphatic heterocycles. The highest BCUT2D eigenvalue weighted by Gasteiger charge is 2.21. The Balaban J connectivity index is 2.20. The molecule has 1 heterocycles. The third-order valence-corrected chi connectivity index (χ3v) is 4.33. The maximum atomic E-state index is 3.57. The fourth-order valence-electron chi connectivity index (χ4n) is 2.50. The monoisotopic (exact) mass is 281 g/mol. The lowest BCUT2D eigenvalue weighted by Crippen LogP contribution is -2.37. The molecule has 0 fully saturated rings. The van der Waals surface area contributed by atoms with E-state index in [0.717, 1.165) is 17.8 Å². The molecule has 2 rings (SSSR count). The zero-order valence-electron chi connectivity index (χ0n) is 10.1. The second-order valence-corrected chi connectivity index (χ2v) is 5.75. The van der Waals surface area contributed by atoms with Crippen molar-refractivity contribution in [2.45, 2.75) is 20.3 Å². The molecule has 0 radical (unpaired) electrons. The first-order chi connectivity index (χ1) is 7.70. The van der Waals surface area contributed by atoms with Gasteiger partial charge in [0.15, 0.2) is 0 Å². The summed E-state index contributed by atoms with van der Waals surface area (Å²) < 4.78 is 0. The highest BCUT2D eigenvalue weighted by Crippen LogP contribution is 2.29. The van der Waals surface area contributed by atoms with Crippen molar-refractivity contribution < 1.29 is 0 Å². The van der Waals surface area contributed by atoms with Gasteiger partial charge in [0.05, 0.1) is 0 Å². The predicted molar refractivity (Wildman–Crippen MR) is 74.5 cm³/mol. The summed E-state index contributed by atoms with van der Waals surface area (Å²) in [5.74, 6) is 1.48. The lowest BCUT2D eigenvalue weighted by Gasteiger charge is -2.36. The Bertz CT molecular complexity index is 350. The summed E-state index contributed by atoms with van der Waals surface area (Å²) in [6.07, 6.45) is 1.23. The quantitative estimate of drug-likeness (QED) is 0.764. The summed E-state index contributed by atoms with van der Waals surface area (Å²) in [5.41, 5.74) is 2.97. The molecule has 1 aromatic rings. The molecule has 0 spiro atoms. The van der Waals surface area contributed by atoms with Crippen LogP contribution in [-0.2, 0) is 6.42 Å². The van der Waals surface area contributed by atoms with Crippen molar-refractivity contribution in [3.63, 3.8) is 0 Å². The first kappa shape index (κ1) is 12.0. The van der Waals surface area contributed by atoms with Gasteiger partial charge in [0, 0.05) is 24.1 Å². The Labute approximate surface area is 107 Å². The van der Waals surface area contributed by atoms with Gasteiger partial charge in [0.1, 0.15) is 0 Å². The van der Waals surface area contributed by atoms with Gasteiger partial charge < -0.3 is 4.90 Å². The minimum absolute atomic E-state index is 0.707. The van der Waals surface area contributed by atoms with Crippen LogP contribution in [0.3, 0.4) is 0 Å². The van der Waals surface area contributed by atoms with Gasteiger partial charge >= 0.3 is 0 Å². The molecular weight excluding hydrogens is 262 g/mol. The van der Waals surface area contributed by atoms with Crippen molar-refractivity contribution in [1.82, 2.24) is 0 Å². The Hall–Kier alpha value is -0.500. The number of anilines is 1. The van der Waals surface area contributed by atoms with E-state index in [0.29, 0.717) is 5.92 Å². The zero-order valence-corrected chi connectivity index (χ0v) is 11.7. The van der Waals surface area contributed by atoms with Crippen LogP contribution in [0.15, 0.2) is 24.3 Å². The van der Waals surface area contributed by atoms with Crippen LogP contribution >= 0.6 is 15.9 Å². The highest BCUT2D eigenvalue weighted by molar-refractivity contribution is 9.09. The van der Waals surface area contributed by atoms with Crippen LogP contribution in [0.5, 0.6) is 0 Å². The van der Waals surface area contributed by atoms with Crippen LogP contribution in [-0.4, -0.2) is 18.4 Å². The molecule has 2 atom stereocenters.